The molecule has 3 N–H and O–H groups in total. The van der Waals surface area contributed by atoms with Gasteiger partial charge in [-0.3, -0.25) is 0 Å². The van der Waals surface area contributed by atoms with Gasteiger partial charge in [0.15, 0.2) is 0 Å². The zero-order valence-electron chi connectivity index (χ0n) is 22.4. The van der Waals surface area contributed by atoms with Crippen LogP contribution in [0.3, 0.4) is 0 Å². The number of amides is 1. The molecule has 9 heteroatoms. The number of nitrogens with zero attached hydrogens (tertiary/aromatic N) is 3. The summed E-state index contributed by atoms with van der Waals surface area (Å²) < 4.78 is 5.55. The quantitative estimate of drug-likeness (QED) is 0.391. The number of alkyl carbamates (subject to hydrolysis) is 1. The molecule has 0 saturated heterocycles. The van der Waals surface area contributed by atoms with Crippen molar-refractivity contribution in [1.29, 1.82) is 5.26 Å². The van der Waals surface area contributed by atoms with Crippen LogP contribution in [-0.4, -0.2) is 40.8 Å². The molecule has 2 aromatic rings. The Hall–Kier alpha value is -3.05. The number of aromatic nitrogens is 2. The minimum Gasteiger partial charge on any atom is -0.444 e. The fourth-order valence-electron chi connectivity index (χ4n) is 7.01. The zero-order chi connectivity index (χ0) is 26.9. The number of carbonyl (C=O) groups is 1. The van der Waals surface area contributed by atoms with Crippen molar-refractivity contribution in [3.63, 3.8) is 0 Å². The summed E-state index contributed by atoms with van der Waals surface area (Å²) >= 11 is 5.97. The molecule has 202 valence electrons. The van der Waals surface area contributed by atoms with E-state index in [-0.39, 0.29) is 17.6 Å². The first kappa shape index (κ1) is 26.6. The maximum atomic E-state index is 12.5. The van der Waals surface area contributed by atoms with Gasteiger partial charge in [0.1, 0.15) is 23.1 Å². The van der Waals surface area contributed by atoms with E-state index in [0.717, 1.165) is 43.7 Å². The van der Waals surface area contributed by atoms with E-state index < -0.39 is 5.60 Å². The van der Waals surface area contributed by atoms with E-state index in [4.69, 9.17) is 16.3 Å². The Labute approximate surface area is 229 Å². The van der Waals surface area contributed by atoms with E-state index in [0.29, 0.717) is 41.6 Å². The molecule has 4 saturated carbocycles. The summed E-state index contributed by atoms with van der Waals surface area (Å²) in [6, 6.07) is 10.2. The molecule has 4 aliphatic rings. The smallest absolute Gasteiger partial charge is 0.407 e. The van der Waals surface area contributed by atoms with Crippen molar-refractivity contribution in [2.75, 3.05) is 23.7 Å². The molecule has 4 aliphatic carbocycles. The molecule has 1 heterocycles. The number of halogens is 1. The molecule has 8 nitrogen and oxygen atoms in total. The Kier molecular flexibility index (Phi) is 7.41. The highest BCUT2D eigenvalue weighted by Gasteiger charge is 2.55. The fourth-order valence-corrected chi connectivity index (χ4v) is 7.14. The van der Waals surface area contributed by atoms with Gasteiger partial charge in [0.05, 0.1) is 6.20 Å². The number of carbonyl (C=O) groups excluding carboxylic acids is 1. The van der Waals surface area contributed by atoms with Crippen molar-refractivity contribution >= 4 is 29.5 Å². The monoisotopic (exact) mass is 536 g/mol. The second kappa shape index (κ2) is 10.6. The lowest BCUT2D eigenvalue weighted by atomic mass is 9.48. The predicted octanol–water partition coefficient (Wildman–Crippen LogP) is 5.79. The maximum Gasteiger partial charge on any atom is 0.407 e. The Morgan fingerprint density at radius 3 is 2.53 bits per heavy atom. The van der Waals surface area contributed by atoms with Gasteiger partial charge < -0.3 is 20.7 Å². The van der Waals surface area contributed by atoms with Crippen molar-refractivity contribution in [2.45, 2.75) is 70.9 Å². The van der Waals surface area contributed by atoms with Gasteiger partial charge in [0.25, 0.3) is 0 Å². The largest absolute Gasteiger partial charge is 0.444 e. The molecule has 4 fully saturated rings. The number of benzene rings is 1. The molecule has 38 heavy (non-hydrogen) atoms. The van der Waals surface area contributed by atoms with Gasteiger partial charge in [-0.1, -0.05) is 23.7 Å². The SMILES string of the molecule is CC(C)(C)OC(=O)NC1[C@@H]2CC3C[C@H]1CC(CNc1nc(NCCc4ccc(Cl)cc4)ncc1C#N)(C3)C2. The first-order chi connectivity index (χ1) is 18.1. The van der Waals surface area contributed by atoms with Gasteiger partial charge in [-0.05, 0) is 100 Å². The van der Waals surface area contributed by atoms with Crippen molar-refractivity contribution in [3.05, 3.63) is 46.6 Å². The van der Waals surface area contributed by atoms with Crippen LogP contribution in [-0.2, 0) is 11.2 Å². The molecule has 0 aliphatic heterocycles. The van der Waals surface area contributed by atoms with Gasteiger partial charge in [0.2, 0.25) is 5.95 Å². The Bertz CT molecular complexity index is 1190. The number of nitrogens with one attached hydrogen (secondary N) is 3. The molecule has 4 bridgehead atoms. The van der Waals surface area contributed by atoms with Crippen LogP contribution in [0.4, 0.5) is 16.6 Å². The first-order valence-electron chi connectivity index (χ1n) is 13.6. The summed E-state index contributed by atoms with van der Waals surface area (Å²) in [7, 11) is 0. The second-order valence-corrected chi connectivity index (χ2v) is 12.8. The van der Waals surface area contributed by atoms with E-state index in [1.54, 1.807) is 6.20 Å². The third-order valence-corrected chi connectivity index (χ3v) is 8.49. The van der Waals surface area contributed by atoms with Crippen molar-refractivity contribution in [1.82, 2.24) is 15.3 Å². The zero-order valence-corrected chi connectivity index (χ0v) is 23.1. The van der Waals surface area contributed by atoms with Gasteiger partial charge in [-0.2, -0.15) is 10.2 Å². The summed E-state index contributed by atoms with van der Waals surface area (Å²) in [6.07, 6.45) is 7.73. The minimum atomic E-state index is -0.499. The van der Waals surface area contributed by atoms with Crippen LogP contribution in [0.1, 0.15) is 64.0 Å². The van der Waals surface area contributed by atoms with Gasteiger partial charge in [0, 0.05) is 24.2 Å². The molecule has 0 radical (unpaired) electrons. The third-order valence-electron chi connectivity index (χ3n) is 8.23. The Balaban J connectivity index is 1.20. The fraction of sp³-hybridized carbons (Fsp3) is 0.586. The lowest BCUT2D eigenvalue weighted by Crippen LogP contribution is -2.60. The Morgan fingerprint density at radius 2 is 1.87 bits per heavy atom. The molecule has 0 spiro atoms. The predicted molar refractivity (Wildman–Crippen MR) is 148 cm³/mol. The number of ether oxygens (including phenoxy) is 1. The van der Waals surface area contributed by atoms with Crippen molar-refractivity contribution < 1.29 is 9.53 Å². The van der Waals surface area contributed by atoms with E-state index in [1.807, 2.05) is 45.0 Å². The molecular formula is C29H37ClN6O2. The molecule has 5 atom stereocenters. The van der Waals surface area contributed by atoms with E-state index in [9.17, 15) is 10.1 Å². The van der Waals surface area contributed by atoms with Gasteiger partial charge in [-0.15, -0.1) is 0 Å². The standard InChI is InChI=1S/C29H37ClN6O2/c1-28(2,3)38-27(37)35-24-20-10-19-11-21(24)14-29(12-19,13-20)17-34-25-22(15-31)16-33-26(36-25)32-9-8-18-4-6-23(30)7-5-18/h4-7,16,19-21,24H,8-14,17H2,1-3H3,(H,35,37)(H2,32,33,34,36)/t19?,20-,21+,24?,29?. The molecule has 3 unspecified atom stereocenters. The van der Waals surface area contributed by atoms with Crippen LogP contribution in [0.2, 0.25) is 5.02 Å². The van der Waals surface area contributed by atoms with Crippen LogP contribution in [0.15, 0.2) is 30.5 Å². The molecule has 1 aromatic heterocycles. The average Bonchev–Trinajstić information content (AvgIpc) is 2.85. The molecule has 1 aromatic carbocycles. The molecular weight excluding hydrogens is 500 g/mol. The molecule has 6 rings (SSSR count). The van der Waals surface area contributed by atoms with Crippen LogP contribution < -0.4 is 16.0 Å². The van der Waals surface area contributed by atoms with Crippen molar-refractivity contribution in [2.24, 2.45) is 23.2 Å². The van der Waals surface area contributed by atoms with Crippen LogP contribution in [0.25, 0.3) is 0 Å². The average molecular weight is 537 g/mol. The van der Waals surface area contributed by atoms with E-state index >= 15 is 0 Å². The number of rotatable bonds is 8. The van der Waals surface area contributed by atoms with Crippen molar-refractivity contribution in [3.8, 4) is 6.07 Å². The highest BCUT2D eigenvalue weighted by Crippen LogP contribution is 2.60. The van der Waals surface area contributed by atoms with Crippen LogP contribution in [0, 0.1) is 34.5 Å². The van der Waals surface area contributed by atoms with E-state index in [2.05, 4.69) is 32.0 Å². The van der Waals surface area contributed by atoms with Gasteiger partial charge >= 0.3 is 6.09 Å². The maximum absolute atomic E-state index is 12.5. The number of hydrogen-bond acceptors (Lipinski definition) is 7. The Morgan fingerprint density at radius 1 is 1.16 bits per heavy atom. The summed E-state index contributed by atoms with van der Waals surface area (Å²) in [5.41, 5.74) is 1.28. The summed E-state index contributed by atoms with van der Waals surface area (Å²) in [5, 5.41) is 20.4. The summed E-state index contributed by atoms with van der Waals surface area (Å²) in [5.74, 6) is 2.70. The summed E-state index contributed by atoms with van der Waals surface area (Å²) in [6.45, 7) is 7.13. The van der Waals surface area contributed by atoms with Crippen LogP contribution >= 0.6 is 11.6 Å². The number of nitriles is 1. The highest BCUT2D eigenvalue weighted by atomic mass is 35.5. The van der Waals surface area contributed by atoms with E-state index in [1.165, 1.54) is 12.0 Å². The second-order valence-electron chi connectivity index (χ2n) is 12.4. The number of anilines is 2. The lowest BCUT2D eigenvalue weighted by molar-refractivity contribution is -0.0703. The summed E-state index contributed by atoms with van der Waals surface area (Å²) in [4.78, 5) is 21.5. The molecule has 1 amide bonds. The first-order valence-corrected chi connectivity index (χ1v) is 14.0. The topological polar surface area (TPSA) is 112 Å². The van der Waals surface area contributed by atoms with Crippen LogP contribution in [0.5, 0.6) is 0 Å². The highest BCUT2D eigenvalue weighted by molar-refractivity contribution is 6.30. The third kappa shape index (κ3) is 6.15. The number of hydrogen-bond donors (Lipinski definition) is 3. The normalized spacial score (nSPS) is 27.4. The minimum absolute atomic E-state index is 0.155. The lowest BCUT2D eigenvalue weighted by Gasteiger charge is -2.60. The van der Waals surface area contributed by atoms with Gasteiger partial charge in [-0.25, -0.2) is 9.78 Å².